The van der Waals surface area contributed by atoms with Crippen molar-refractivity contribution < 1.29 is 17.6 Å². The summed E-state index contributed by atoms with van der Waals surface area (Å²) in [6, 6.07) is 3.57. The van der Waals surface area contributed by atoms with E-state index in [9.17, 15) is 17.6 Å². The van der Waals surface area contributed by atoms with Gasteiger partial charge < -0.3 is 16.0 Å². The molecule has 9 nitrogen and oxygen atoms in total. The zero-order chi connectivity index (χ0) is 24.4. The van der Waals surface area contributed by atoms with Crippen molar-refractivity contribution in [2.75, 3.05) is 12.3 Å². The Labute approximate surface area is 196 Å². The van der Waals surface area contributed by atoms with Gasteiger partial charge in [0.2, 0.25) is 10.0 Å². The number of aromatic nitrogens is 3. The number of nitrogen functional groups attached to an aromatic ring is 1. The number of carbonyl (C=O) groups excluding carboxylic acids is 1. The molecule has 1 saturated carbocycles. The minimum Gasteiger partial charge on any atom is -0.383 e. The number of imidazole rings is 1. The van der Waals surface area contributed by atoms with Crippen molar-refractivity contribution in [3.05, 3.63) is 47.2 Å². The molecule has 1 atom stereocenters. The molecule has 0 spiro atoms. The third kappa shape index (κ3) is 4.03. The van der Waals surface area contributed by atoms with E-state index in [1.54, 1.807) is 10.8 Å². The van der Waals surface area contributed by atoms with Crippen LogP contribution in [0.1, 0.15) is 66.0 Å². The number of rotatable bonds is 7. The Morgan fingerprint density at radius 1 is 1.26 bits per heavy atom. The number of halogens is 1. The maximum Gasteiger partial charge on any atom is 0.271 e. The van der Waals surface area contributed by atoms with Gasteiger partial charge in [-0.25, -0.2) is 22.5 Å². The fraction of sp³-hybridized carbons (Fsp3) is 0.435. The quantitative estimate of drug-likeness (QED) is 0.467. The molecule has 0 unspecified atom stereocenters. The van der Waals surface area contributed by atoms with E-state index in [4.69, 9.17) is 11.5 Å². The number of benzene rings is 1. The van der Waals surface area contributed by atoms with Crippen molar-refractivity contribution in [3.63, 3.8) is 0 Å². The molecule has 1 aromatic carbocycles. The molecule has 5 N–H and O–H groups in total. The van der Waals surface area contributed by atoms with Gasteiger partial charge in [0, 0.05) is 41.2 Å². The lowest BCUT2D eigenvalue weighted by molar-refractivity contribution is 0.0997. The predicted octanol–water partition coefficient (Wildman–Crippen LogP) is 2.36. The summed E-state index contributed by atoms with van der Waals surface area (Å²) in [6.45, 7) is 2.31. The third-order valence-corrected chi connectivity index (χ3v) is 8.02. The summed E-state index contributed by atoms with van der Waals surface area (Å²) >= 11 is 0. The predicted molar refractivity (Wildman–Crippen MR) is 126 cm³/mol. The van der Waals surface area contributed by atoms with Crippen LogP contribution in [0.25, 0.3) is 10.8 Å². The fourth-order valence-electron chi connectivity index (χ4n) is 4.64. The van der Waals surface area contributed by atoms with Crippen LogP contribution in [0.2, 0.25) is 0 Å². The number of primary amides is 1. The van der Waals surface area contributed by atoms with Crippen molar-refractivity contribution in [2.24, 2.45) is 5.73 Å². The monoisotopic (exact) mass is 486 g/mol. The van der Waals surface area contributed by atoms with E-state index in [0.717, 1.165) is 24.1 Å². The van der Waals surface area contributed by atoms with Gasteiger partial charge in [0.05, 0.1) is 11.2 Å². The summed E-state index contributed by atoms with van der Waals surface area (Å²) in [5.41, 5.74) is 12.1. The molecule has 0 saturated heterocycles. The lowest BCUT2D eigenvalue weighted by Gasteiger charge is -2.18. The van der Waals surface area contributed by atoms with Crippen LogP contribution in [-0.4, -0.2) is 41.1 Å². The number of carbonyl (C=O) groups is 1. The molecule has 0 bridgehead atoms. The van der Waals surface area contributed by atoms with E-state index >= 15 is 0 Å². The normalized spacial score (nSPS) is 18.4. The number of fused-ring (bicyclic) bond motifs is 2. The van der Waals surface area contributed by atoms with Gasteiger partial charge in [-0.3, -0.25) is 9.78 Å². The molecule has 2 aliphatic carbocycles. The molecule has 3 aromatic rings. The highest BCUT2D eigenvalue weighted by molar-refractivity contribution is 7.89. The van der Waals surface area contributed by atoms with E-state index < -0.39 is 21.6 Å². The molecule has 2 aliphatic rings. The number of alkyl halides is 1. The van der Waals surface area contributed by atoms with Crippen LogP contribution in [0.3, 0.4) is 0 Å². The van der Waals surface area contributed by atoms with Crippen molar-refractivity contribution in [1.82, 2.24) is 19.3 Å². The minimum atomic E-state index is -4.04. The number of nitrogens with zero attached hydrogens (tertiary/aromatic N) is 3. The summed E-state index contributed by atoms with van der Waals surface area (Å²) in [5, 5.41) is 1.29. The Morgan fingerprint density at radius 2 is 2.00 bits per heavy atom. The average molecular weight is 487 g/mol. The summed E-state index contributed by atoms with van der Waals surface area (Å²) in [6.07, 6.45) is 6.09. The summed E-state index contributed by atoms with van der Waals surface area (Å²) in [7, 11) is -4.04. The summed E-state index contributed by atoms with van der Waals surface area (Å²) in [4.78, 5) is 20.3. The van der Waals surface area contributed by atoms with E-state index in [0.29, 0.717) is 35.1 Å². The number of hydrogen-bond donors (Lipinski definition) is 3. The SMILES string of the molecule is CC(C)(F)CNS(=O)(=O)c1c2c(cc3cnc(C4CC4)cc13)C[C@H](n1cnc(C(N)=O)c1N)C2. The number of anilines is 1. The molecule has 1 fully saturated rings. The maximum absolute atomic E-state index is 14.2. The number of hydrogen-bond acceptors (Lipinski definition) is 6. The van der Waals surface area contributed by atoms with Crippen LogP contribution in [0.4, 0.5) is 10.2 Å². The summed E-state index contributed by atoms with van der Waals surface area (Å²) in [5.74, 6) is -0.233. The first kappa shape index (κ1) is 22.7. The Balaban J connectivity index is 1.64. The molecule has 2 heterocycles. The molecular formula is C23H27FN6O3S. The molecule has 1 amide bonds. The molecule has 2 aromatic heterocycles. The smallest absolute Gasteiger partial charge is 0.271 e. The number of sulfonamides is 1. The fourth-order valence-corrected chi connectivity index (χ4v) is 6.32. The van der Waals surface area contributed by atoms with E-state index in [2.05, 4.69) is 14.7 Å². The van der Waals surface area contributed by atoms with Crippen LogP contribution in [0.15, 0.2) is 29.6 Å². The Kier molecular flexibility index (Phi) is 5.17. The second-order valence-corrected chi connectivity index (χ2v) is 11.5. The lowest BCUT2D eigenvalue weighted by Crippen LogP contribution is -2.35. The van der Waals surface area contributed by atoms with E-state index in [1.165, 1.54) is 20.2 Å². The highest BCUT2D eigenvalue weighted by Crippen LogP contribution is 2.43. The second kappa shape index (κ2) is 7.74. The van der Waals surface area contributed by atoms with Crippen molar-refractivity contribution in [2.45, 2.75) is 62.1 Å². The summed E-state index contributed by atoms with van der Waals surface area (Å²) < 4.78 is 45.4. The topological polar surface area (TPSA) is 146 Å². The Hall–Kier alpha value is -3.05. The first-order valence-electron chi connectivity index (χ1n) is 11.2. The van der Waals surface area contributed by atoms with Crippen molar-refractivity contribution in [3.8, 4) is 0 Å². The van der Waals surface area contributed by atoms with Crippen molar-refractivity contribution >= 4 is 32.5 Å². The lowest BCUT2D eigenvalue weighted by atomic mass is 10.0. The van der Waals surface area contributed by atoms with Gasteiger partial charge >= 0.3 is 0 Å². The van der Waals surface area contributed by atoms with E-state index in [-0.39, 0.29) is 29.0 Å². The highest BCUT2D eigenvalue weighted by atomic mass is 32.2. The molecule has 0 aliphatic heterocycles. The number of nitrogens with one attached hydrogen (secondary N) is 1. The van der Waals surface area contributed by atoms with Gasteiger partial charge in [-0.15, -0.1) is 0 Å². The number of nitrogens with two attached hydrogens (primary N) is 2. The van der Waals surface area contributed by atoms with Crippen molar-refractivity contribution in [1.29, 1.82) is 0 Å². The van der Waals surface area contributed by atoms with Crippen LogP contribution in [-0.2, 0) is 22.9 Å². The Bertz CT molecular complexity index is 1420. The van der Waals surface area contributed by atoms with Crippen LogP contribution < -0.4 is 16.2 Å². The first-order chi connectivity index (χ1) is 15.9. The highest BCUT2D eigenvalue weighted by Gasteiger charge is 2.35. The van der Waals surface area contributed by atoms with Gasteiger partial charge in [0.15, 0.2) is 5.69 Å². The van der Waals surface area contributed by atoms with Gasteiger partial charge in [-0.1, -0.05) is 0 Å². The number of amides is 1. The molecular weight excluding hydrogens is 459 g/mol. The molecule has 5 rings (SSSR count). The maximum atomic E-state index is 14.2. The average Bonchev–Trinajstić information content (AvgIpc) is 3.41. The van der Waals surface area contributed by atoms with Crippen LogP contribution in [0.5, 0.6) is 0 Å². The zero-order valence-electron chi connectivity index (χ0n) is 19.0. The van der Waals surface area contributed by atoms with E-state index in [1.807, 2.05) is 12.1 Å². The van der Waals surface area contributed by atoms with Gasteiger partial charge in [0.25, 0.3) is 5.91 Å². The molecule has 11 heteroatoms. The first-order valence-corrected chi connectivity index (χ1v) is 12.7. The molecule has 180 valence electrons. The standard InChI is InChI=1S/C23H27FN6O3S/c1-23(2,24)10-29-34(32,33)20-16-7-15(30-11-28-19(21(30)25)22(26)31)6-13(16)5-14-9-27-18(8-17(14)20)12-3-4-12/h5,8-9,11-12,15,29H,3-4,6-7,10,25H2,1-2H3,(H2,26,31)/t15-/m0/s1. The zero-order valence-corrected chi connectivity index (χ0v) is 19.8. The minimum absolute atomic E-state index is 0.0147. The number of pyridine rings is 1. The largest absolute Gasteiger partial charge is 0.383 e. The second-order valence-electron chi connectivity index (χ2n) is 9.80. The van der Waals surface area contributed by atoms with Crippen LogP contribution in [0, 0.1) is 0 Å². The van der Waals surface area contributed by atoms with Gasteiger partial charge in [-0.05, 0) is 62.8 Å². The molecule has 0 radical (unpaired) electrons. The third-order valence-electron chi connectivity index (χ3n) is 6.49. The Morgan fingerprint density at radius 3 is 2.62 bits per heavy atom. The van der Waals surface area contributed by atoms with Gasteiger partial charge in [0.1, 0.15) is 11.5 Å². The molecule has 34 heavy (non-hydrogen) atoms. The van der Waals surface area contributed by atoms with Crippen LogP contribution >= 0.6 is 0 Å². The van der Waals surface area contributed by atoms with Gasteiger partial charge in [-0.2, -0.15) is 0 Å².